The minimum atomic E-state index is -0.337. The fourth-order valence-electron chi connectivity index (χ4n) is 2.11. The van der Waals surface area contributed by atoms with Gasteiger partial charge in [-0.3, -0.25) is 4.79 Å². The second-order valence-corrected chi connectivity index (χ2v) is 5.50. The van der Waals surface area contributed by atoms with Gasteiger partial charge in [-0.15, -0.1) is 0 Å². The molecule has 0 unspecified atom stereocenters. The maximum absolute atomic E-state index is 13.8. The molecule has 0 aliphatic heterocycles. The Bertz CT molecular complexity index is 853. The zero-order valence-corrected chi connectivity index (χ0v) is 12.3. The number of aryl methyl sites for hydroxylation is 1. The Morgan fingerprint density at radius 1 is 1.30 bits per heavy atom. The Morgan fingerprint density at radius 3 is 2.85 bits per heavy atom. The van der Waals surface area contributed by atoms with Crippen molar-refractivity contribution in [3.63, 3.8) is 0 Å². The van der Waals surface area contributed by atoms with E-state index in [2.05, 4.69) is 21.0 Å². The van der Waals surface area contributed by atoms with Gasteiger partial charge in [0.25, 0.3) is 5.56 Å². The summed E-state index contributed by atoms with van der Waals surface area (Å²) in [7, 11) is 0. The Morgan fingerprint density at radius 2 is 2.10 bits per heavy atom. The normalized spacial score (nSPS) is 11.2. The van der Waals surface area contributed by atoms with Crippen LogP contribution < -0.4 is 5.56 Å². The van der Waals surface area contributed by atoms with Gasteiger partial charge in [-0.25, -0.2) is 8.91 Å². The maximum atomic E-state index is 13.8. The summed E-state index contributed by atoms with van der Waals surface area (Å²) in [5.41, 5.74) is 1.54. The van der Waals surface area contributed by atoms with E-state index in [-0.39, 0.29) is 17.9 Å². The molecule has 0 radical (unpaired) electrons. The van der Waals surface area contributed by atoms with Gasteiger partial charge in [0.05, 0.1) is 12.2 Å². The smallest absolute Gasteiger partial charge is 0.276 e. The Labute approximate surface area is 122 Å². The number of nitrogens with zero attached hydrogens (tertiary/aromatic N) is 3. The number of fused-ring (bicyclic) bond motifs is 1. The molecule has 3 rings (SSSR count). The summed E-state index contributed by atoms with van der Waals surface area (Å²) in [6.45, 7) is 2.02. The van der Waals surface area contributed by atoms with Crippen LogP contribution >= 0.6 is 15.9 Å². The van der Waals surface area contributed by atoms with Gasteiger partial charge in [-0.05, 0) is 25.1 Å². The highest BCUT2D eigenvalue weighted by Gasteiger charge is 2.08. The van der Waals surface area contributed by atoms with Crippen molar-refractivity contribution >= 4 is 21.4 Å². The van der Waals surface area contributed by atoms with Gasteiger partial charge in [-0.1, -0.05) is 22.0 Å². The largest absolute Gasteiger partial charge is 0.308 e. The first-order chi connectivity index (χ1) is 9.54. The predicted octanol–water partition coefficient (Wildman–Crippen LogP) is 2.75. The van der Waals surface area contributed by atoms with Crippen molar-refractivity contribution in [2.24, 2.45) is 0 Å². The Kier molecular flexibility index (Phi) is 3.17. The van der Waals surface area contributed by atoms with E-state index >= 15 is 0 Å². The minimum Gasteiger partial charge on any atom is -0.308 e. The topological polar surface area (TPSA) is 39.3 Å². The molecular weight excluding hydrogens is 325 g/mol. The summed E-state index contributed by atoms with van der Waals surface area (Å²) in [5, 5.41) is 4.17. The molecular formula is C14H11BrFN3O. The Balaban J connectivity index is 2.06. The second kappa shape index (κ2) is 4.86. The number of rotatable bonds is 2. The third-order valence-electron chi connectivity index (χ3n) is 3.08. The van der Waals surface area contributed by atoms with Gasteiger partial charge in [0.15, 0.2) is 0 Å². The van der Waals surface area contributed by atoms with Crippen LogP contribution in [-0.4, -0.2) is 14.2 Å². The van der Waals surface area contributed by atoms with Gasteiger partial charge >= 0.3 is 0 Å². The molecule has 0 amide bonds. The molecule has 1 aromatic carbocycles. The first kappa shape index (κ1) is 13.1. The third kappa shape index (κ3) is 2.27. The van der Waals surface area contributed by atoms with Crippen molar-refractivity contribution in [2.75, 3.05) is 0 Å². The quantitative estimate of drug-likeness (QED) is 0.722. The third-order valence-corrected chi connectivity index (χ3v) is 3.57. The SMILES string of the molecule is Cc1cc2c(=O)n(Cc3ccc(Br)cc3F)ccn2n1. The molecule has 0 saturated carbocycles. The molecule has 0 bridgehead atoms. The summed E-state index contributed by atoms with van der Waals surface area (Å²) < 4.78 is 17.5. The molecule has 2 heterocycles. The summed E-state index contributed by atoms with van der Waals surface area (Å²) >= 11 is 3.21. The molecule has 102 valence electrons. The number of benzene rings is 1. The molecule has 2 aromatic heterocycles. The number of hydrogen-bond donors (Lipinski definition) is 0. The number of aromatic nitrogens is 3. The molecule has 0 aliphatic rings. The van der Waals surface area contributed by atoms with E-state index in [0.717, 1.165) is 5.69 Å². The molecule has 6 heteroatoms. The first-order valence-electron chi connectivity index (χ1n) is 6.04. The molecule has 4 nitrogen and oxygen atoms in total. The van der Waals surface area contributed by atoms with Crippen LogP contribution in [0.1, 0.15) is 11.3 Å². The zero-order chi connectivity index (χ0) is 14.3. The highest BCUT2D eigenvalue weighted by molar-refractivity contribution is 9.10. The minimum absolute atomic E-state index is 0.185. The van der Waals surface area contributed by atoms with Crippen molar-refractivity contribution in [2.45, 2.75) is 13.5 Å². The summed E-state index contributed by atoms with van der Waals surface area (Å²) in [6, 6.07) is 6.53. The van der Waals surface area contributed by atoms with Crippen molar-refractivity contribution in [3.8, 4) is 0 Å². The van der Waals surface area contributed by atoms with E-state index in [1.807, 2.05) is 6.92 Å². The molecule has 20 heavy (non-hydrogen) atoms. The van der Waals surface area contributed by atoms with Crippen molar-refractivity contribution in [1.82, 2.24) is 14.2 Å². The lowest BCUT2D eigenvalue weighted by Crippen LogP contribution is -2.22. The first-order valence-corrected chi connectivity index (χ1v) is 6.83. The predicted molar refractivity (Wildman–Crippen MR) is 77.4 cm³/mol. The summed E-state index contributed by atoms with van der Waals surface area (Å²) in [6.07, 6.45) is 3.31. The standard InChI is InChI=1S/C14H11BrFN3O/c1-9-6-13-14(20)18(4-5-19(13)17-9)8-10-2-3-11(15)7-12(10)16/h2-7H,8H2,1H3. The molecule has 0 saturated heterocycles. The van der Waals surface area contributed by atoms with Gasteiger partial charge < -0.3 is 4.57 Å². The van der Waals surface area contributed by atoms with Crippen LogP contribution in [0.3, 0.4) is 0 Å². The van der Waals surface area contributed by atoms with E-state index in [0.29, 0.717) is 15.6 Å². The van der Waals surface area contributed by atoms with Crippen molar-refractivity contribution in [3.05, 3.63) is 68.6 Å². The lowest BCUT2D eigenvalue weighted by molar-refractivity contribution is 0.594. The molecule has 3 aromatic rings. The van der Waals surface area contributed by atoms with Gasteiger partial charge in [0, 0.05) is 22.4 Å². The van der Waals surface area contributed by atoms with Crippen LogP contribution in [0.2, 0.25) is 0 Å². The van der Waals surface area contributed by atoms with Gasteiger partial charge in [0.2, 0.25) is 0 Å². The van der Waals surface area contributed by atoms with Gasteiger partial charge in [-0.2, -0.15) is 5.10 Å². The van der Waals surface area contributed by atoms with E-state index in [4.69, 9.17) is 0 Å². The van der Waals surface area contributed by atoms with Crippen LogP contribution in [0, 0.1) is 12.7 Å². The van der Waals surface area contributed by atoms with Gasteiger partial charge in [0.1, 0.15) is 11.3 Å². The second-order valence-electron chi connectivity index (χ2n) is 4.58. The monoisotopic (exact) mass is 335 g/mol. The highest BCUT2D eigenvalue weighted by Crippen LogP contribution is 2.16. The fraction of sp³-hybridized carbons (Fsp3) is 0.143. The molecule has 0 fully saturated rings. The van der Waals surface area contributed by atoms with Crippen LogP contribution in [0.5, 0.6) is 0 Å². The van der Waals surface area contributed by atoms with E-state index in [1.165, 1.54) is 15.1 Å². The average molecular weight is 336 g/mol. The van der Waals surface area contributed by atoms with E-state index in [9.17, 15) is 9.18 Å². The fourth-order valence-corrected chi connectivity index (χ4v) is 2.44. The average Bonchev–Trinajstić information content (AvgIpc) is 2.77. The number of hydrogen-bond acceptors (Lipinski definition) is 2. The lowest BCUT2D eigenvalue weighted by Gasteiger charge is -2.07. The maximum Gasteiger partial charge on any atom is 0.276 e. The summed E-state index contributed by atoms with van der Waals surface area (Å²) in [5.74, 6) is -0.337. The van der Waals surface area contributed by atoms with E-state index < -0.39 is 0 Å². The van der Waals surface area contributed by atoms with Crippen LogP contribution in [0.4, 0.5) is 4.39 Å². The van der Waals surface area contributed by atoms with Crippen LogP contribution in [-0.2, 0) is 6.54 Å². The van der Waals surface area contributed by atoms with Crippen LogP contribution in [0.25, 0.3) is 5.52 Å². The highest BCUT2D eigenvalue weighted by atomic mass is 79.9. The van der Waals surface area contributed by atoms with Crippen molar-refractivity contribution in [1.29, 1.82) is 0 Å². The molecule has 0 aliphatic carbocycles. The van der Waals surface area contributed by atoms with Crippen molar-refractivity contribution < 1.29 is 4.39 Å². The summed E-state index contributed by atoms with van der Waals surface area (Å²) in [4.78, 5) is 12.3. The molecule has 0 atom stereocenters. The number of halogens is 2. The molecule has 0 N–H and O–H groups in total. The molecule has 0 spiro atoms. The zero-order valence-electron chi connectivity index (χ0n) is 10.7. The van der Waals surface area contributed by atoms with E-state index in [1.54, 1.807) is 30.6 Å². The Hall–Kier alpha value is -1.95. The van der Waals surface area contributed by atoms with Crippen LogP contribution in [0.15, 0.2) is 45.9 Å². The lowest BCUT2D eigenvalue weighted by atomic mass is 10.2.